The van der Waals surface area contributed by atoms with Gasteiger partial charge in [-0.25, -0.2) is 0 Å². The van der Waals surface area contributed by atoms with Crippen LogP contribution >= 0.6 is 11.8 Å². The van der Waals surface area contributed by atoms with E-state index in [0.717, 1.165) is 16.3 Å². The number of rotatable bonds is 7. The lowest BCUT2D eigenvalue weighted by Crippen LogP contribution is -2.39. The van der Waals surface area contributed by atoms with Gasteiger partial charge in [0.05, 0.1) is 18.0 Å². The fourth-order valence-electron chi connectivity index (χ4n) is 2.69. The molecule has 0 atom stereocenters. The lowest BCUT2D eigenvalue weighted by atomic mass is 10.2. The molecule has 0 fully saturated rings. The number of benzene rings is 2. The summed E-state index contributed by atoms with van der Waals surface area (Å²) in [5, 5.41) is 2.84. The number of hydrogen-bond acceptors (Lipinski definition) is 4. The number of nitrogens with one attached hydrogen (secondary N) is 1. The summed E-state index contributed by atoms with van der Waals surface area (Å²) in [7, 11) is 0. The minimum absolute atomic E-state index is 0.0456. The number of amides is 2. The zero-order valence-corrected chi connectivity index (χ0v) is 15.6. The Kier molecular flexibility index (Phi) is 6.17. The van der Waals surface area contributed by atoms with E-state index in [-0.39, 0.29) is 18.2 Å². The normalized spacial score (nSPS) is 13.3. The number of para-hydroxylation sites is 1. The Morgan fingerprint density at radius 3 is 2.77 bits per heavy atom. The average molecular weight is 370 g/mol. The van der Waals surface area contributed by atoms with Crippen molar-refractivity contribution >= 4 is 29.3 Å². The van der Waals surface area contributed by atoms with E-state index in [2.05, 4.69) is 5.32 Å². The van der Waals surface area contributed by atoms with Crippen molar-refractivity contribution in [3.05, 3.63) is 54.1 Å². The molecular weight excluding hydrogens is 348 g/mol. The van der Waals surface area contributed by atoms with Crippen LogP contribution in [0.4, 0.5) is 5.69 Å². The van der Waals surface area contributed by atoms with Crippen LogP contribution < -0.4 is 15.0 Å². The van der Waals surface area contributed by atoms with Gasteiger partial charge in [-0.05, 0) is 31.2 Å². The van der Waals surface area contributed by atoms with Crippen molar-refractivity contribution in [3.8, 4) is 5.75 Å². The molecule has 0 aromatic heterocycles. The fraction of sp³-hybridized carbons (Fsp3) is 0.300. The molecule has 2 aromatic rings. The van der Waals surface area contributed by atoms with Crippen molar-refractivity contribution in [1.29, 1.82) is 0 Å². The number of carbonyl (C=O) groups excluding carboxylic acids is 2. The van der Waals surface area contributed by atoms with Gasteiger partial charge in [0, 0.05) is 17.9 Å². The standard InChI is InChI=1S/C20H22N2O3S/c1-15-6-8-16(9-7-15)25-13-11-21-19(23)10-12-22-17-4-2-3-5-18(17)26-14-20(22)24/h2-9H,10-14H2,1H3,(H,21,23). The van der Waals surface area contributed by atoms with Gasteiger partial charge in [-0.15, -0.1) is 11.8 Å². The highest BCUT2D eigenvalue weighted by Gasteiger charge is 2.24. The number of thioether (sulfide) groups is 1. The molecule has 2 amide bonds. The molecule has 26 heavy (non-hydrogen) atoms. The van der Waals surface area contributed by atoms with E-state index in [0.29, 0.717) is 25.4 Å². The van der Waals surface area contributed by atoms with E-state index < -0.39 is 0 Å². The molecule has 0 radical (unpaired) electrons. The van der Waals surface area contributed by atoms with Crippen molar-refractivity contribution < 1.29 is 14.3 Å². The molecule has 0 aliphatic carbocycles. The second-order valence-corrected chi connectivity index (χ2v) is 7.08. The summed E-state index contributed by atoms with van der Waals surface area (Å²) in [6, 6.07) is 15.6. The second kappa shape index (κ2) is 8.76. The predicted molar refractivity (Wildman–Crippen MR) is 104 cm³/mol. The van der Waals surface area contributed by atoms with Gasteiger partial charge in [-0.1, -0.05) is 29.8 Å². The summed E-state index contributed by atoms with van der Waals surface area (Å²) in [5.41, 5.74) is 2.07. The quantitative estimate of drug-likeness (QED) is 0.761. The summed E-state index contributed by atoms with van der Waals surface area (Å²) in [6.45, 7) is 3.26. The van der Waals surface area contributed by atoms with Gasteiger partial charge in [0.2, 0.25) is 11.8 Å². The number of carbonyl (C=O) groups is 2. The Labute approximate surface area is 157 Å². The summed E-state index contributed by atoms with van der Waals surface area (Å²) < 4.78 is 5.59. The van der Waals surface area contributed by atoms with E-state index in [9.17, 15) is 9.59 Å². The maximum atomic E-state index is 12.2. The van der Waals surface area contributed by atoms with Crippen molar-refractivity contribution in [3.63, 3.8) is 0 Å². The third-order valence-corrected chi connectivity index (χ3v) is 5.13. The Bertz CT molecular complexity index is 777. The first kappa shape index (κ1) is 18.3. The van der Waals surface area contributed by atoms with Gasteiger partial charge in [0.15, 0.2) is 0 Å². The van der Waals surface area contributed by atoms with Crippen LogP contribution in [0.15, 0.2) is 53.4 Å². The van der Waals surface area contributed by atoms with Gasteiger partial charge in [-0.2, -0.15) is 0 Å². The number of anilines is 1. The van der Waals surface area contributed by atoms with Crippen molar-refractivity contribution in [2.24, 2.45) is 0 Å². The highest BCUT2D eigenvalue weighted by Crippen LogP contribution is 2.34. The van der Waals surface area contributed by atoms with Gasteiger partial charge in [-0.3, -0.25) is 9.59 Å². The third-order valence-electron chi connectivity index (χ3n) is 4.08. The Hall–Kier alpha value is -2.47. The molecule has 1 heterocycles. The Morgan fingerprint density at radius 1 is 1.19 bits per heavy atom. The minimum atomic E-state index is -0.0824. The first-order valence-corrected chi connectivity index (χ1v) is 9.60. The summed E-state index contributed by atoms with van der Waals surface area (Å²) >= 11 is 1.54. The molecule has 1 aliphatic heterocycles. The summed E-state index contributed by atoms with van der Waals surface area (Å²) in [4.78, 5) is 27.0. The summed E-state index contributed by atoms with van der Waals surface area (Å²) in [5.74, 6) is 1.17. The van der Waals surface area contributed by atoms with Crippen LogP contribution in [0.5, 0.6) is 5.75 Å². The molecule has 6 heteroatoms. The number of aryl methyl sites for hydroxylation is 1. The highest BCUT2D eigenvalue weighted by atomic mass is 32.2. The van der Waals surface area contributed by atoms with E-state index in [1.807, 2.05) is 55.5 Å². The van der Waals surface area contributed by atoms with Crippen molar-refractivity contribution in [2.75, 3.05) is 30.3 Å². The summed E-state index contributed by atoms with van der Waals surface area (Å²) in [6.07, 6.45) is 0.273. The van der Waals surface area contributed by atoms with E-state index in [1.165, 1.54) is 5.56 Å². The molecule has 5 nitrogen and oxygen atoms in total. The highest BCUT2D eigenvalue weighted by molar-refractivity contribution is 8.00. The van der Waals surface area contributed by atoms with Crippen molar-refractivity contribution in [1.82, 2.24) is 5.32 Å². The monoisotopic (exact) mass is 370 g/mol. The molecule has 0 unspecified atom stereocenters. The van der Waals surface area contributed by atoms with Gasteiger partial charge in [0.25, 0.3) is 0 Å². The molecule has 2 aromatic carbocycles. The van der Waals surface area contributed by atoms with Crippen LogP contribution in [0.25, 0.3) is 0 Å². The maximum Gasteiger partial charge on any atom is 0.237 e. The average Bonchev–Trinajstić information content (AvgIpc) is 2.66. The lowest BCUT2D eigenvalue weighted by molar-refractivity contribution is -0.121. The zero-order chi connectivity index (χ0) is 18.4. The number of fused-ring (bicyclic) bond motifs is 1. The van der Waals surface area contributed by atoms with Crippen LogP contribution in [-0.2, 0) is 9.59 Å². The predicted octanol–water partition coefficient (Wildman–Crippen LogP) is 3.02. The number of nitrogens with zero attached hydrogens (tertiary/aromatic N) is 1. The number of hydrogen-bond donors (Lipinski definition) is 1. The minimum Gasteiger partial charge on any atom is -0.492 e. The first-order valence-electron chi connectivity index (χ1n) is 8.62. The largest absolute Gasteiger partial charge is 0.492 e. The van der Waals surface area contributed by atoms with Crippen LogP contribution in [0.1, 0.15) is 12.0 Å². The fourth-order valence-corrected chi connectivity index (χ4v) is 3.63. The molecule has 136 valence electrons. The molecule has 1 aliphatic rings. The Morgan fingerprint density at radius 2 is 1.96 bits per heavy atom. The van der Waals surface area contributed by atoms with E-state index >= 15 is 0 Å². The lowest BCUT2D eigenvalue weighted by Gasteiger charge is -2.28. The molecule has 0 bridgehead atoms. The van der Waals surface area contributed by atoms with Crippen LogP contribution in [-0.4, -0.2) is 37.3 Å². The maximum absolute atomic E-state index is 12.2. The molecule has 1 N–H and O–H groups in total. The van der Waals surface area contributed by atoms with Crippen molar-refractivity contribution in [2.45, 2.75) is 18.2 Å². The smallest absolute Gasteiger partial charge is 0.237 e. The molecular formula is C20H22N2O3S. The first-order chi connectivity index (χ1) is 12.6. The second-order valence-electron chi connectivity index (χ2n) is 6.06. The van der Waals surface area contributed by atoms with Gasteiger partial charge >= 0.3 is 0 Å². The molecule has 3 rings (SSSR count). The molecule has 0 saturated carbocycles. The van der Waals surface area contributed by atoms with E-state index in [4.69, 9.17) is 4.74 Å². The SMILES string of the molecule is Cc1ccc(OCCNC(=O)CCN2C(=O)CSc3ccccc32)cc1. The molecule has 0 saturated heterocycles. The Balaban J connectivity index is 1.41. The van der Waals surface area contributed by atoms with Crippen LogP contribution in [0, 0.1) is 6.92 Å². The van der Waals surface area contributed by atoms with Gasteiger partial charge < -0.3 is 15.0 Å². The van der Waals surface area contributed by atoms with Crippen LogP contribution in [0.3, 0.4) is 0 Å². The molecule has 0 spiro atoms. The van der Waals surface area contributed by atoms with E-state index in [1.54, 1.807) is 16.7 Å². The van der Waals surface area contributed by atoms with Gasteiger partial charge in [0.1, 0.15) is 12.4 Å². The topological polar surface area (TPSA) is 58.6 Å². The zero-order valence-electron chi connectivity index (χ0n) is 14.7. The third kappa shape index (κ3) is 4.79. The number of ether oxygens (including phenoxy) is 1. The van der Waals surface area contributed by atoms with Crippen LogP contribution in [0.2, 0.25) is 0 Å².